The number of aromatic nitrogens is 2. The smallest absolute Gasteiger partial charge is 0.433 e. The molecule has 5 N–H and O–H groups in total. The van der Waals surface area contributed by atoms with Gasteiger partial charge in [0.25, 0.3) is 0 Å². The van der Waals surface area contributed by atoms with Gasteiger partial charge in [-0.3, -0.25) is 5.10 Å². The molecule has 160 valence electrons. The van der Waals surface area contributed by atoms with Crippen LogP contribution in [0.15, 0.2) is 24.3 Å². The SMILES string of the molecule is Cc1ccc(Cc2c(O[C@@H]3O[C@H](CO)[C@@H](O)[C@H](O)[C@H]3O)n[nH]c2C(F)(F)F)cc1. The second-order valence-corrected chi connectivity index (χ2v) is 6.86. The van der Waals surface area contributed by atoms with Crippen molar-refractivity contribution in [2.24, 2.45) is 0 Å². The van der Waals surface area contributed by atoms with Crippen molar-refractivity contribution in [3.8, 4) is 5.88 Å². The molecule has 0 bridgehead atoms. The minimum Gasteiger partial charge on any atom is -0.443 e. The number of aliphatic hydroxyl groups excluding tert-OH is 4. The van der Waals surface area contributed by atoms with Crippen molar-refractivity contribution >= 4 is 0 Å². The maximum Gasteiger partial charge on any atom is 0.433 e. The highest BCUT2D eigenvalue weighted by Gasteiger charge is 2.46. The number of hydrogen-bond acceptors (Lipinski definition) is 7. The Morgan fingerprint density at radius 3 is 2.34 bits per heavy atom. The number of hydrogen-bond donors (Lipinski definition) is 5. The van der Waals surface area contributed by atoms with Gasteiger partial charge in [0.1, 0.15) is 30.1 Å². The fourth-order valence-corrected chi connectivity index (χ4v) is 3.03. The molecule has 0 amide bonds. The highest BCUT2D eigenvalue weighted by molar-refractivity contribution is 5.38. The second-order valence-electron chi connectivity index (χ2n) is 6.86. The van der Waals surface area contributed by atoms with Crippen LogP contribution in [0.5, 0.6) is 5.88 Å². The predicted molar refractivity (Wildman–Crippen MR) is 92.0 cm³/mol. The summed E-state index contributed by atoms with van der Waals surface area (Å²) in [6.45, 7) is 1.14. The minimum absolute atomic E-state index is 0.168. The lowest BCUT2D eigenvalue weighted by atomic mass is 9.99. The average Bonchev–Trinajstić information content (AvgIpc) is 3.06. The zero-order valence-electron chi connectivity index (χ0n) is 15.3. The number of aromatic amines is 1. The molecule has 2 heterocycles. The highest BCUT2D eigenvalue weighted by atomic mass is 19.4. The van der Waals surface area contributed by atoms with Crippen LogP contribution in [0.25, 0.3) is 0 Å². The maximum absolute atomic E-state index is 13.4. The van der Waals surface area contributed by atoms with E-state index < -0.39 is 55.1 Å². The number of rotatable bonds is 5. The maximum atomic E-state index is 13.4. The van der Waals surface area contributed by atoms with Gasteiger partial charge in [0.2, 0.25) is 12.2 Å². The molecule has 0 aliphatic carbocycles. The number of benzene rings is 1. The van der Waals surface area contributed by atoms with Crippen LogP contribution < -0.4 is 4.74 Å². The third kappa shape index (κ3) is 4.54. The Hall–Kier alpha value is -2.18. The van der Waals surface area contributed by atoms with Gasteiger partial charge in [-0.1, -0.05) is 29.8 Å². The summed E-state index contributed by atoms with van der Waals surface area (Å²) in [5.74, 6) is -0.470. The van der Waals surface area contributed by atoms with Gasteiger partial charge in [0.05, 0.1) is 12.2 Å². The molecular formula is C18H21F3N2O6. The molecule has 5 atom stereocenters. The van der Waals surface area contributed by atoms with Gasteiger partial charge in [-0.05, 0) is 12.5 Å². The lowest BCUT2D eigenvalue weighted by Gasteiger charge is -2.39. The summed E-state index contributed by atoms with van der Waals surface area (Å²) < 4.78 is 50.7. The van der Waals surface area contributed by atoms with E-state index in [1.807, 2.05) is 12.0 Å². The van der Waals surface area contributed by atoms with E-state index >= 15 is 0 Å². The molecule has 3 rings (SSSR count). The Morgan fingerprint density at radius 2 is 1.76 bits per heavy atom. The van der Waals surface area contributed by atoms with E-state index in [1.54, 1.807) is 24.3 Å². The first-order chi connectivity index (χ1) is 13.6. The first-order valence-electron chi connectivity index (χ1n) is 8.79. The van der Waals surface area contributed by atoms with Crippen molar-refractivity contribution in [2.75, 3.05) is 6.61 Å². The van der Waals surface area contributed by atoms with Crippen molar-refractivity contribution in [3.05, 3.63) is 46.6 Å². The van der Waals surface area contributed by atoms with E-state index in [9.17, 15) is 33.6 Å². The summed E-state index contributed by atoms with van der Waals surface area (Å²) in [5, 5.41) is 44.4. The number of nitrogens with zero attached hydrogens (tertiary/aromatic N) is 1. The monoisotopic (exact) mass is 418 g/mol. The summed E-state index contributed by atoms with van der Waals surface area (Å²) >= 11 is 0. The van der Waals surface area contributed by atoms with E-state index in [-0.39, 0.29) is 12.0 Å². The molecule has 1 aliphatic heterocycles. The number of halogens is 3. The molecule has 0 radical (unpaired) electrons. The fraction of sp³-hybridized carbons (Fsp3) is 0.500. The van der Waals surface area contributed by atoms with E-state index in [4.69, 9.17) is 9.47 Å². The van der Waals surface area contributed by atoms with Crippen LogP contribution in [0.2, 0.25) is 0 Å². The predicted octanol–water partition coefficient (Wildman–Crippen LogP) is 0.506. The van der Waals surface area contributed by atoms with Gasteiger partial charge < -0.3 is 29.9 Å². The van der Waals surface area contributed by atoms with Crippen LogP contribution in [0.3, 0.4) is 0 Å². The Labute approximate surface area is 163 Å². The molecular weight excluding hydrogens is 397 g/mol. The summed E-state index contributed by atoms with van der Waals surface area (Å²) in [5.41, 5.74) is 0.0897. The molecule has 1 saturated heterocycles. The van der Waals surface area contributed by atoms with Crippen LogP contribution in [0.4, 0.5) is 13.2 Å². The molecule has 0 saturated carbocycles. The Balaban J connectivity index is 1.90. The number of ether oxygens (including phenoxy) is 2. The zero-order valence-corrected chi connectivity index (χ0v) is 15.3. The van der Waals surface area contributed by atoms with E-state index in [1.165, 1.54) is 0 Å². The molecule has 8 nitrogen and oxygen atoms in total. The van der Waals surface area contributed by atoms with Gasteiger partial charge in [-0.15, -0.1) is 5.10 Å². The van der Waals surface area contributed by atoms with Crippen LogP contribution >= 0.6 is 0 Å². The van der Waals surface area contributed by atoms with Gasteiger partial charge >= 0.3 is 6.18 Å². The van der Waals surface area contributed by atoms with Crippen molar-refractivity contribution in [1.82, 2.24) is 10.2 Å². The van der Waals surface area contributed by atoms with E-state index in [0.717, 1.165) is 5.56 Å². The van der Waals surface area contributed by atoms with Crippen LogP contribution in [-0.2, 0) is 17.3 Å². The number of H-pyrrole nitrogens is 1. The Morgan fingerprint density at radius 1 is 1.10 bits per heavy atom. The van der Waals surface area contributed by atoms with Crippen LogP contribution in [0, 0.1) is 6.92 Å². The molecule has 29 heavy (non-hydrogen) atoms. The van der Waals surface area contributed by atoms with Crippen molar-refractivity contribution in [1.29, 1.82) is 0 Å². The van der Waals surface area contributed by atoms with Gasteiger partial charge in [-0.25, -0.2) is 0 Å². The summed E-state index contributed by atoms with van der Waals surface area (Å²) in [4.78, 5) is 0. The number of aliphatic hydroxyl groups is 4. The first kappa shape index (κ1) is 21.5. The van der Waals surface area contributed by atoms with Crippen molar-refractivity contribution in [2.45, 2.75) is 50.2 Å². The molecule has 1 aromatic heterocycles. The summed E-state index contributed by atoms with van der Waals surface area (Å²) in [6, 6.07) is 6.84. The number of alkyl halides is 3. The molecule has 11 heteroatoms. The molecule has 1 fully saturated rings. The van der Waals surface area contributed by atoms with E-state index in [0.29, 0.717) is 5.56 Å². The first-order valence-corrected chi connectivity index (χ1v) is 8.79. The summed E-state index contributed by atoms with van der Waals surface area (Å²) in [7, 11) is 0. The Bertz CT molecular complexity index is 824. The van der Waals surface area contributed by atoms with Crippen LogP contribution in [-0.4, -0.2) is 67.9 Å². The fourth-order valence-electron chi connectivity index (χ4n) is 3.03. The van der Waals surface area contributed by atoms with Gasteiger partial charge in [-0.2, -0.15) is 13.2 Å². The molecule has 1 aromatic carbocycles. The molecule has 0 unspecified atom stereocenters. The third-order valence-corrected chi connectivity index (χ3v) is 4.69. The molecule has 1 aliphatic rings. The lowest BCUT2D eigenvalue weighted by molar-refractivity contribution is -0.278. The summed E-state index contributed by atoms with van der Waals surface area (Å²) in [6.07, 6.45) is -12.9. The average molecular weight is 418 g/mol. The normalized spacial score (nSPS) is 27.8. The minimum atomic E-state index is -4.73. The third-order valence-electron chi connectivity index (χ3n) is 4.69. The largest absolute Gasteiger partial charge is 0.443 e. The van der Waals surface area contributed by atoms with Crippen molar-refractivity contribution < 1.29 is 43.1 Å². The van der Waals surface area contributed by atoms with Crippen molar-refractivity contribution in [3.63, 3.8) is 0 Å². The zero-order chi connectivity index (χ0) is 21.3. The standard InChI is InChI=1S/C18H21F3N2O6/c1-8-2-4-9(5-3-8)6-10-15(18(19,20)21)22-23-16(10)29-17-14(27)13(26)12(25)11(7-24)28-17/h2-5,11-14,17,24-27H,6-7H2,1H3,(H,22,23)/t11-,12-,13+,14-,17+/m1/s1. The molecule has 2 aromatic rings. The topological polar surface area (TPSA) is 128 Å². The lowest BCUT2D eigenvalue weighted by Crippen LogP contribution is -2.60. The molecule has 0 spiro atoms. The van der Waals surface area contributed by atoms with Gasteiger partial charge in [0, 0.05) is 6.42 Å². The number of nitrogens with one attached hydrogen (secondary N) is 1. The quantitative estimate of drug-likeness (QED) is 0.479. The number of aryl methyl sites for hydroxylation is 1. The van der Waals surface area contributed by atoms with Gasteiger partial charge in [0.15, 0.2) is 0 Å². The van der Waals surface area contributed by atoms with E-state index in [2.05, 4.69) is 5.10 Å². The second kappa shape index (κ2) is 8.28. The van der Waals surface area contributed by atoms with Crippen LogP contribution in [0.1, 0.15) is 22.4 Å². The highest BCUT2D eigenvalue weighted by Crippen LogP contribution is 2.36. The Kier molecular flexibility index (Phi) is 6.15.